The van der Waals surface area contributed by atoms with Gasteiger partial charge in [-0.25, -0.2) is 0 Å². The van der Waals surface area contributed by atoms with E-state index in [0.29, 0.717) is 18.2 Å². The van der Waals surface area contributed by atoms with Gasteiger partial charge in [-0.1, -0.05) is 24.3 Å². The molecule has 0 saturated carbocycles. The van der Waals surface area contributed by atoms with E-state index in [1.54, 1.807) is 6.92 Å². The van der Waals surface area contributed by atoms with E-state index < -0.39 is 0 Å². The fourth-order valence-electron chi connectivity index (χ4n) is 3.46. The van der Waals surface area contributed by atoms with Gasteiger partial charge in [0.05, 0.1) is 0 Å². The molecule has 0 radical (unpaired) electrons. The molecule has 1 aromatic carbocycles. The second-order valence-electron chi connectivity index (χ2n) is 6.67. The van der Waals surface area contributed by atoms with E-state index in [4.69, 9.17) is 4.42 Å². The predicted octanol–water partition coefficient (Wildman–Crippen LogP) is 2.48. The number of carbonyl (C=O) groups is 1. The van der Waals surface area contributed by atoms with Crippen molar-refractivity contribution >= 4 is 5.91 Å². The van der Waals surface area contributed by atoms with Crippen molar-refractivity contribution in [3.63, 3.8) is 0 Å². The standard InChI is InChI=1S/C20H24N2O3/c1-14-5-3-4-6-18(14)16-7-9-22(13-16)10-8-21-20(24)19-12-17(23)11-15(2)25-19/h3-6,11-12,16H,7-10,13H2,1-2H3,(H,21,24)/t16-/m1/s1. The molecule has 0 spiro atoms. The quantitative estimate of drug-likeness (QED) is 0.908. The molecular weight excluding hydrogens is 316 g/mol. The highest BCUT2D eigenvalue weighted by Crippen LogP contribution is 2.28. The van der Waals surface area contributed by atoms with Crippen LogP contribution in [0.4, 0.5) is 0 Å². The number of carbonyl (C=O) groups excluding carboxylic acids is 1. The third-order valence-electron chi connectivity index (χ3n) is 4.73. The Morgan fingerprint density at radius 3 is 2.84 bits per heavy atom. The van der Waals surface area contributed by atoms with Crippen molar-refractivity contribution in [3.8, 4) is 0 Å². The van der Waals surface area contributed by atoms with Crippen molar-refractivity contribution in [2.24, 2.45) is 0 Å². The summed E-state index contributed by atoms with van der Waals surface area (Å²) in [5.41, 5.74) is 2.56. The largest absolute Gasteiger partial charge is 0.456 e. The first-order valence-corrected chi connectivity index (χ1v) is 8.71. The minimum Gasteiger partial charge on any atom is -0.456 e. The summed E-state index contributed by atoms with van der Waals surface area (Å²) in [4.78, 5) is 25.9. The summed E-state index contributed by atoms with van der Waals surface area (Å²) in [6, 6.07) is 11.1. The van der Waals surface area contributed by atoms with Crippen LogP contribution in [0.15, 0.2) is 45.6 Å². The van der Waals surface area contributed by atoms with E-state index in [1.807, 2.05) is 0 Å². The molecule has 1 fully saturated rings. The molecule has 1 aromatic heterocycles. The zero-order valence-corrected chi connectivity index (χ0v) is 14.7. The highest BCUT2D eigenvalue weighted by molar-refractivity contribution is 5.91. The number of nitrogens with zero attached hydrogens (tertiary/aromatic N) is 1. The summed E-state index contributed by atoms with van der Waals surface area (Å²) in [5, 5.41) is 2.83. The van der Waals surface area contributed by atoms with Crippen LogP contribution in [0.5, 0.6) is 0 Å². The van der Waals surface area contributed by atoms with Gasteiger partial charge in [-0.2, -0.15) is 0 Å². The highest BCUT2D eigenvalue weighted by atomic mass is 16.3. The van der Waals surface area contributed by atoms with Gasteiger partial charge in [-0.05, 0) is 43.9 Å². The van der Waals surface area contributed by atoms with Crippen LogP contribution in [0, 0.1) is 13.8 Å². The molecule has 0 unspecified atom stereocenters. The number of hydrogen-bond acceptors (Lipinski definition) is 4. The van der Waals surface area contributed by atoms with Crippen LogP contribution < -0.4 is 10.7 Å². The third kappa shape index (κ3) is 4.37. The van der Waals surface area contributed by atoms with Gasteiger partial charge in [0, 0.05) is 31.8 Å². The van der Waals surface area contributed by atoms with Crippen molar-refractivity contribution in [2.75, 3.05) is 26.2 Å². The van der Waals surface area contributed by atoms with Gasteiger partial charge in [-0.15, -0.1) is 0 Å². The normalized spacial score (nSPS) is 17.6. The molecule has 25 heavy (non-hydrogen) atoms. The molecule has 1 N–H and O–H groups in total. The van der Waals surface area contributed by atoms with E-state index in [2.05, 4.69) is 41.4 Å². The topological polar surface area (TPSA) is 62.6 Å². The number of nitrogens with one attached hydrogen (secondary N) is 1. The predicted molar refractivity (Wildman–Crippen MR) is 97.0 cm³/mol. The molecule has 5 heteroatoms. The molecule has 1 aliphatic rings. The zero-order chi connectivity index (χ0) is 17.8. The van der Waals surface area contributed by atoms with Crippen molar-refractivity contribution in [1.29, 1.82) is 0 Å². The Labute approximate surface area is 147 Å². The number of rotatable bonds is 5. The Bertz CT molecular complexity index is 813. The van der Waals surface area contributed by atoms with Crippen molar-refractivity contribution in [3.05, 3.63) is 69.3 Å². The minimum absolute atomic E-state index is 0.0733. The Morgan fingerprint density at radius 2 is 2.08 bits per heavy atom. The molecule has 132 valence electrons. The van der Waals surface area contributed by atoms with Crippen LogP contribution in [0.3, 0.4) is 0 Å². The molecule has 3 rings (SSSR count). The molecule has 1 atom stereocenters. The average molecular weight is 340 g/mol. The first-order chi connectivity index (χ1) is 12.0. The smallest absolute Gasteiger partial charge is 0.287 e. The highest BCUT2D eigenvalue weighted by Gasteiger charge is 2.24. The SMILES string of the molecule is Cc1cc(=O)cc(C(=O)NCCN2CC[C@@H](c3ccccc3C)C2)o1. The molecule has 1 aliphatic heterocycles. The van der Waals surface area contributed by atoms with Crippen molar-refractivity contribution in [2.45, 2.75) is 26.2 Å². The van der Waals surface area contributed by atoms with Crippen LogP contribution in [-0.2, 0) is 0 Å². The summed E-state index contributed by atoms with van der Waals surface area (Å²) in [7, 11) is 0. The monoisotopic (exact) mass is 340 g/mol. The first-order valence-electron chi connectivity index (χ1n) is 8.71. The maximum Gasteiger partial charge on any atom is 0.287 e. The zero-order valence-electron chi connectivity index (χ0n) is 14.7. The molecule has 2 heterocycles. The molecule has 0 aliphatic carbocycles. The van der Waals surface area contributed by atoms with Crippen LogP contribution in [-0.4, -0.2) is 37.0 Å². The van der Waals surface area contributed by atoms with Crippen molar-refractivity contribution in [1.82, 2.24) is 10.2 Å². The van der Waals surface area contributed by atoms with E-state index in [-0.39, 0.29) is 17.1 Å². The summed E-state index contributed by atoms with van der Waals surface area (Å²) in [6.07, 6.45) is 1.14. The fourth-order valence-corrected chi connectivity index (χ4v) is 3.46. The third-order valence-corrected chi connectivity index (χ3v) is 4.73. The molecule has 0 bridgehead atoms. The molecule has 2 aromatic rings. The Morgan fingerprint density at radius 1 is 1.28 bits per heavy atom. The Balaban J connectivity index is 1.49. The number of hydrogen-bond donors (Lipinski definition) is 1. The number of aryl methyl sites for hydroxylation is 2. The maximum atomic E-state index is 12.1. The van der Waals surface area contributed by atoms with Gasteiger partial charge in [0.15, 0.2) is 11.2 Å². The van der Waals surface area contributed by atoms with E-state index in [0.717, 1.165) is 26.1 Å². The maximum absolute atomic E-state index is 12.1. The summed E-state index contributed by atoms with van der Waals surface area (Å²) < 4.78 is 5.30. The van der Waals surface area contributed by atoms with Crippen LogP contribution in [0.1, 0.15) is 39.8 Å². The van der Waals surface area contributed by atoms with Gasteiger partial charge >= 0.3 is 0 Å². The van der Waals surface area contributed by atoms with Crippen molar-refractivity contribution < 1.29 is 9.21 Å². The molecule has 5 nitrogen and oxygen atoms in total. The van der Waals surface area contributed by atoms with E-state index >= 15 is 0 Å². The Hall–Kier alpha value is -2.40. The van der Waals surface area contributed by atoms with E-state index in [9.17, 15) is 9.59 Å². The van der Waals surface area contributed by atoms with Gasteiger partial charge in [-0.3, -0.25) is 9.59 Å². The van der Waals surface area contributed by atoms with Gasteiger partial charge in [0.2, 0.25) is 0 Å². The fraction of sp³-hybridized carbons (Fsp3) is 0.400. The average Bonchev–Trinajstić information content (AvgIpc) is 3.03. The number of amides is 1. The summed E-state index contributed by atoms with van der Waals surface area (Å²) >= 11 is 0. The lowest BCUT2D eigenvalue weighted by molar-refractivity contribution is 0.0918. The van der Waals surface area contributed by atoms with Crippen LogP contribution >= 0.6 is 0 Å². The summed E-state index contributed by atoms with van der Waals surface area (Å²) in [5.74, 6) is 0.740. The van der Waals surface area contributed by atoms with Gasteiger partial charge in [0.1, 0.15) is 5.76 Å². The van der Waals surface area contributed by atoms with Gasteiger partial charge in [0.25, 0.3) is 5.91 Å². The first kappa shape index (κ1) is 17.4. The van der Waals surface area contributed by atoms with Crippen LogP contribution in [0.25, 0.3) is 0 Å². The molecule has 1 amide bonds. The second-order valence-corrected chi connectivity index (χ2v) is 6.67. The number of benzene rings is 1. The summed E-state index contributed by atoms with van der Waals surface area (Å²) in [6.45, 7) is 7.21. The van der Waals surface area contributed by atoms with Gasteiger partial charge < -0.3 is 14.6 Å². The second kappa shape index (κ2) is 7.66. The Kier molecular flexibility index (Phi) is 5.34. The minimum atomic E-state index is -0.338. The van der Waals surface area contributed by atoms with E-state index in [1.165, 1.54) is 23.3 Å². The lowest BCUT2D eigenvalue weighted by Crippen LogP contribution is -2.34. The lowest BCUT2D eigenvalue weighted by atomic mass is 9.94. The lowest BCUT2D eigenvalue weighted by Gasteiger charge is -2.17. The molecule has 1 saturated heterocycles. The molecular formula is C20H24N2O3. The van der Waals surface area contributed by atoms with Crippen LogP contribution in [0.2, 0.25) is 0 Å². The number of likely N-dealkylation sites (tertiary alicyclic amines) is 1.